The lowest BCUT2D eigenvalue weighted by atomic mass is 10.2. The topological polar surface area (TPSA) is 66.9 Å². The minimum absolute atomic E-state index is 0.239. The van der Waals surface area contributed by atoms with E-state index in [1.54, 1.807) is 11.4 Å². The van der Waals surface area contributed by atoms with Crippen molar-refractivity contribution in [1.82, 2.24) is 15.3 Å². The van der Waals surface area contributed by atoms with Crippen LogP contribution in [-0.2, 0) is 6.54 Å². The third-order valence-corrected chi connectivity index (χ3v) is 4.38. The molecule has 1 aromatic carbocycles. The Kier molecular flexibility index (Phi) is 5.08. The third-order valence-electron chi connectivity index (χ3n) is 3.26. The number of carbonyl (C=O) groups excluding carboxylic acids is 1. The fourth-order valence-electron chi connectivity index (χ4n) is 2.07. The first-order valence-electron chi connectivity index (χ1n) is 7.29. The van der Waals surface area contributed by atoms with Crippen LogP contribution in [0.15, 0.2) is 47.8 Å². The lowest BCUT2D eigenvalue weighted by Crippen LogP contribution is -2.23. The van der Waals surface area contributed by atoms with Gasteiger partial charge < -0.3 is 10.6 Å². The molecule has 0 aliphatic rings. The van der Waals surface area contributed by atoms with Gasteiger partial charge in [0.2, 0.25) is 0 Å². The highest BCUT2D eigenvalue weighted by Gasteiger charge is 2.11. The molecule has 0 fully saturated rings. The normalized spacial score (nSPS) is 10.4. The van der Waals surface area contributed by atoms with Crippen LogP contribution in [0, 0.1) is 6.92 Å². The summed E-state index contributed by atoms with van der Waals surface area (Å²) in [5.74, 6) is 0.462. The molecule has 0 saturated heterocycles. The molecule has 0 aliphatic carbocycles. The maximum atomic E-state index is 12.2. The smallest absolute Gasteiger partial charge is 0.271 e. The average Bonchev–Trinajstić information content (AvgIpc) is 3.02. The number of aryl methyl sites for hydroxylation is 1. The van der Waals surface area contributed by atoms with Crippen LogP contribution >= 0.6 is 22.9 Å². The van der Waals surface area contributed by atoms with Gasteiger partial charge in [-0.3, -0.25) is 4.79 Å². The molecule has 2 N–H and O–H groups in total. The predicted molar refractivity (Wildman–Crippen MR) is 97.0 cm³/mol. The zero-order valence-electron chi connectivity index (χ0n) is 12.9. The van der Waals surface area contributed by atoms with Crippen LogP contribution < -0.4 is 10.6 Å². The molecule has 0 unspecified atom stereocenters. The number of anilines is 2. The van der Waals surface area contributed by atoms with Crippen molar-refractivity contribution in [2.45, 2.75) is 13.5 Å². The summed E-state index contributed by atoms with van der Waals surface area (Å²) in [6, 6.07) is 13.1. The van der Waals surface area contributed by atoms with E-state index in [-0.39, 0.29) is 5.91 Å². The van der Waals surface area contributed by atoms with E-state index in [1.807, 2.05) is 43.3 Å². The first-order chi connectivity index (χ1) is 11.6. The zero-order chi connectivity index (χ0) is 16.9. The van der Waals surface area contributed by atoms with Crippen molar-refractivity contribution in [3.63, 3.8) is 0 Å². The molecule has 122 valence electrons. The van der Waals surface area contributed by atoms with Gasteiger partial charge in [-0.1, -0.05) is 35.9 Å². The van der Waals surface area contributed by atoms with Crippen LogP contribution in [0.2, 0.25) is 5.02 Å². The summed E-state index contributed by atoms with van der Waals surface area (Å²) in [5, 5.41) is 8.88. The van der Waals surface area contributed by atoms with Crippen molar-refractivity contribution in [2.75, 3.05) is 5.32 Å². The van der Waals surface area contributed by atoms with Crippen molar-refractivity contribution in [2.24, 2.45) is 0 Å². The van der Waals surface area contributed by atoms with Gasteiger partial charge in [0.15, 0.2) is 5.13 Å². The van der Waals surface area contributed by atoms with Crippen molar-refractivity contribution in [1.29, 1.82) is 0 Å². The standard InChI is InChI=1S/C17H15ClN4OS/c1-11-5-4-8-15(20-11)22-17-21-14(10-24-17)16(23)19-9-12-6-2-3-7-13(12)18/h2-8,10H,9H2,1H3,(H,19,23)(H,20,21,22). The molecular weight excluding hydrogens is 344 g/mol. The summed E-state index contributed by atoms with van der Waals surface area (Å²) in [6.45, 7) is 2.28. The van der Waals surface area contributed by atoms with Gasteiger partial charge in [-0.2, -0.15) is 0 Å². The van der Waals surface area contributed by atoms with E-state index in [1.165, 1.54) is 11.3 Å². The van der Waals surface area contributed by atoms with E-state index < -0.39 is 0 Å². The Labute approximate surface area is 148 Å². The Bertz CT molecular complexity index is 865. The van der Waals surface area contributed by atoms with Gasteiger partial charge in [0.1, 0.15) is 11.5 Å². The number of aromatic nitrogens is 2. The second kappa shape index (κ2) is 7.42. The number of pyridine rings is 1. The fourth-order valence-corrected chi connectivity index (χ4v) is 2.97. The molecule has 3 aromatic rings. The Hall–Kier alpha value is -2.44. The number of rotatable bonds is 5. The summed E-state index contributed by atoms with van der Waals surface area (Å²) in [7, 11) is 0. The average molecular weight is 359 g/mol. The van der Waals surface area contributed by atoms with Gasteiger partial charge in [0.25, 0.3) is 5.91 Å². The summed E-state index contributed by atoms with van der Waals surface area (Å²) in [6.07, 6.45) is 0. The molecule has 0 bridgehead atoms. The monoisotopic (exact) mass is 358 g/mol. The number of nitrogens with one attached hydrogen (secondary N) is 2. The van der Waals surface area contributed by atoms with Crippen LogP contribution in [0.1, 0.15) is 21.7 Å². The highest BCUT2D eigenvalue weighted by atomic mass is 35.5. The molecule has 0 aliphatic heterocycles. The Morgan fingerprint density at radius 1 is 1.17 bits per heavy atom. The van der Waals surface area contributed by atoms with Gasteiger partial charge in [0, 0.05) is 22.6 Å². The quantitative estimate of drug-likeness (QED) is 0.718. The van der Waals surface area contributed by atoms with Gasteiger partial charge in [-0.25, -0.2) is 9.97 Å². The number of nitrogens with zero attached hydrogens (tertiary/aromatic N) is 2. The number of hydrogen-bond acceptors (Lipinski definition) is 5. The second-order valence-corrected chi connectivity index (χ2v) is 6.37. The largest absolute Gasteiger partial charge is 0.347 e. The summed E-state index contributed by atoms with van der Waals surface area (Å²) >= 11 is 7.43. The predicted octanol–water partition coefficient (Wildman–Crippen LogP) is 4.17. The van der Waals surface area contributed by atoms with Crippen LogP contribution in [0.25, 0.3) is 0 Å². The minimum Gasteiger partial charge on any atom is -0.347 e. The molecule has 0 saturated carbocycles. The maximum Gasteiger partial charge on any atom is 0.271 e. The highest BCUT2D eigenvalue weighted by Crippen LogP contribution is 2.20. The lowest BCUT2D eigenvalue weighted by molar-refractivity contribution is 0.0946. The molecule has 3 rings (SSSR count). The molecule has 1 amide bonds. The van der Waals surface area contributed by atoms with E-state index >= 15 is 0 Å². The van der Waals surface area contributed by atoms with Gasteiger partial charge in [0.05, 0.1) is 0 Å². The van der Waals surface area contributed by atoms with Crippen LogP contribution in [0.4, 0.5) is 10.9 Å². The van der Waals surface area contributed by atoms with Crippen molar-refractivity contribution < 1.29 is 4.79 Å². The molecule has 5 nitrogen and oxygen atoms in total. The molecule has 24 heavy (non-hydrogen) atoms. The summed E-state index contributed by atoms with van der Waals surface area (Å²) in [5.41, 5.74) is 2.14. The third kappa shape index (κ3) is 4.10. The fraction of sp³-hybridized carbons (Fsp3) is 0.118. The van der Waals surface area contributed by atoms with Crippen LogP contribution in [0.3, 0.4) is 0 Å². The number of amides is 1. The van der Waals surface area contributed by atoms with E-state index in [2.05, 4.69) is 20.6 Å². The van der Waals surface area contributed by atoms with E-state index in [9.17, 15) is 4.79 Å². The van der Waals surface area contributed by atoms with E-state index in [4.69, 9.17) is 11.6 Å². The minimum atomic E-state index is -0.239. The molecular formula is C17H15ClN4OS. The number of benzene rings is 1. The molecule has 0 spiro atoms. The van der Waals surface area contributed by atoms with Gasteiger partial charge >= 0.3 is 0 Å². The van der Waals surface area contributed by atoms with Crippen molar-refractivity contribution in [3.05, 3.63) is 69.8 Å². The first-order valence-corrected chi connectivity index (χ1v) is 8.55. The maximum absolute atomic E-state index is 12.2. The van der Waals surface area contributed by atoms with E-state index in [0.29, 0.717) is 28.2 Å². The van der Waals surface area contributed by atoms with Crippen LogP contribution in [0.5, 0.6) is 0 Å². The molecule has 0 atom stereocenters. The number of carbonyl (C=O) groups is 1. The Balaban J connectivity index is 1.62. The lowest BCUT2D eigenvalue weighted by Gasteiger charge is -2.05. The van der Waals surface area contributed by atoms with E-state index in [0.717, 1.165) is 11.3 Å². The van der Waals surface area contributed by atoms with Gasteiger partial charge in [-0.15, -0.1) is 11.3 Å². The molecule has 2 heterocycles. The second-order valence-electron chi connectivity index (χ2n) is 5.10. The summed E-state index contributed by atoms with van der Waals surface area (Å²) in [4.78, 5) is 20.8. The number of halogens is 1. The summed E-state index contributed by atoms with van der Waals surface area (Å²) < 4.78 is 0. The molecule has 0 radical (unpaired) electrons. The Morgan fingerprint density at radius 2 is 2.00 bits per heavy atom. The zero-order valence-corrected chi connectivity index (χ0v) is 14.5. The highest BCUT2D eigenvalue weighted by molar-refractivity contribution is 7.14. The van der Waals surface area contributed by atoms with Crippen molar-refractivity contribution in [3.8, 4) is 0 Å². The SMILES string of the molecule is Cc1cccc(Nc2nc(C(=O)NCc3ccccc3Cl)cs2)n1. The number of thiazole rings is 1. The Morgan fingerprint density at radius 3 is 2.79 bits per heavy atom. The first kappa shape index (κ1) is 16.4. The molecule has 7 heteroatoms. The van der Waals surface area contributed by atoms with Gasteiger partial charge in [-0.05, 0) is 30.7 Å². The van der Waals surface area contributed by atoms with Crippen LogP contribution in [-0.4, -0.2) is 15.9 Å². The number of hydrogen-bond donors (Lipinski definition) is 2. The van der Waals surface area contributed by atoms with Crippen molar-refractivity contribution >= 4 is 39.8 Å². The molecule has 2 aromatic heterocycles.